The van der Waals surface area contributed by atoms with Gasteiger partial charge in [0.05, 0.1) is 37.5 Å². The lowest BCUT2D eigenvalue weighted by Crippen LogP contribution is -2.43. The molecule has 0 fully saturated rings. The number of nitrogens with zero attached hydrogens (tertiary/aromatic N) is 2. The number of aromatic amines is 1. The number of fused-ring (bicyclic) bond motifs is 1. The second-order valence-corrected chi connectivity index (χ2v) is 6.97. The molecule has 1 aliphatic heterocycles. The van der Waals surface area contributed by atoms with Crippen LogP contribution in [0.1, 0.15) is 33.4 Å². The SMILES string of the molecule is COC(=O)c1ccccc1NC(=O)N1CCc2[nH]cnc2[C@H]1c1ccc(OC)cc1F. The van der Waals surface area contributed by atoms with E-state index in [4.69, 9.17) is 9.47 Å². The summed E-state index contributed by atoms with van der Waals surface area (Å²) in [4.78, 5) is 34.2. The molecule has 0 spiro atoms. The molecule has 0 aliphatic carbocycles. The molecule has 8 nitrogen and oxygen atoms in total. The van der Waals surface area contributed by atoms with Crippen LogP contribution in [0.2, 0.25) is 0 Å². The van der Waals surface area contributed by atoms with Crippen LogP contribution in [0.4, 0.5) is 14.9 Å². The first-order valence-corrected chi connectivity index (χ1v) is 9.64. The van der Waals surface area contributed by atoms with Gasteiger partial charge in [-0.15, -0.1) is 0 Å². The predicted octanol–water partition coefficient (Wildman–Crippen LogP) is 3.52. The first-order chi connectivity index (χ1) is 15.0. The highest BCUT2D eigenvalue weighted by Gasteiger charge is 2.36. The number of hydrogen-bond donors (Lipinski definition) is 2. The number of imidazole rings is 1. The van der Waals surface area contributed by atoms with Crippen molar-refractivity contribution in [3.8, 4) is 5.75 Å². The summed E-state index contributed by atoms with van der Waals surface area (Å²) in [6.07, 6.45) is 2.07. The van der Waals surface area contributed by atoms with Gasteiger partial charge in [-0.05, 0) is 24.3 Å². The molecular weight excluding hydrogens is 403 g/mol. The number of esters is 1. The van der Waals surface area contributed by atoms with E-state index in [1.54, 1.807) is 36.4 Å². The number of ether oxygens (including phenoxy) is 2. The average Bonchev–Trinajstić information content (AvgIpc) is 3.27. The van der Waals surface area contributed by atoms with Crippen molar-refractivity contribution in [1.82, 2.24) is 14.9 Å². The number of urea groups is 1. The summed E-state index contributed by atoms with van der Waals surface area (Å²) >= 11 is 0. The fourth-order valence-corrected chi connectivity index (χ4v) is 3.73. The highest BCUT2D eigenvalue weighted by Crippen LogP contribution is 2.36. The van der Waals surface area contributed by atoms with E-state index in [0.717, 1.165) is 5.69 Å². The van der Waals surface area contributed by atoms with Gasteiger partial charge in [0.25, 0.3) is 0 Å². The number of amides is 2. The van der Waals surface area contributed by atoms with E-state index in [0.29, 0.717) is 35.7 Å². The van der Waals surface area contributed by atoms with Crippen LogP contribution >= 0.6 is 0 Å². The molecule has 2 heterocycles. The normalized spacial score (nSPS) is 15.2. The molecule has 160 valence electrons. The van der Waals surface area contributed by atoms with Gasteiger partial charge in [-0.1, -0.05) is 12.1 Å². The van der Waals surface area contributed by atoms with E-state index >= 15 is 0 Å². The molecular formula is C22H21FN4O4. The Bertz CT molecular complexity index is 1130. The average molecular weight is 424 g/mol. The Hall–Kier alpha value is -3.88. The lowest BCUT2D eigenvalue weighted by Gasteiger charge is -2.35. The van der Waals surface area contributed by atoms with Gasteiger partial charge in [0.15, 0.2) is 0 Å². The summed E-state index contributed by atoms with van der Waals surface area (Å²) in [5, 5.41) is 2.76. The highest BCUT2D eigenvalue weighted by molar-refractivity contribution is 6.01. The van der Waals surface area contributed by atoms with Crippen LogP contribution in [0.15, 0.2) is 48.8 Å². The van der Waals surface area contributed by atoms with Crippen LogP contribution in [0.5, 0.6) is 5.75 Å². The number of rotatable bonds is 4. The van der Waals surface area contributed by atoms with E-state index in [1.165, 1.54) is 31.5 Å². The number of hydrogen-bond acceptors (Lipinski definition) is 5. The van der Waals surface area contributed by atoms with Crippen LogP contribution in [0.25, 0.3) is 0 Å². The Kier molecular flexibility index (Phi) is 5.57. The standard InChI is InChI=1S/C22H21FN4O4/c1-30-13-7-8-14(16(23)11-13)20-19-18(24-12-25-19)9-10-27(20)22(29)26-17-6-4-3-5-15(17)21(28)31-2/h3-8,11-12,20H,9-10H2,1-2H3,(H,24,25)(H,26,29)/t20-/m1/s1. The molecule has 31 heavy (non-hydrogen) atoms. The zero-order valence-electron chi connectivity index (χ0n) is 17.0. The molecule has 4 rings (SSSR count). The first kappa shape index (κ1) is 20.4. The van der Waals surface area contributed by atoms with Crippen molar-refractivity contribution in [3.63, 3.8) is 0 Å². The van der Waals surface area contributed by atoms with Gasteiger partial charge in [0.2, 0.25) is 0 Å². The maximum absolute atomic E-state index is 15.0. The molecule has 9 heteroatoms. The quantitative estimate of drug-likeness (QED) is 0.625. The van der Waals surface area contributed by atoms with Crippen LogP contribution < -0.4 is 10.1 Å². The minimum absolute atomic E-state index is 0.225. The molecule has 2 amide bonds. The molecule has 3 aromatic rings. The van der Waals surface area contributed by atoms with E-state index in [-0.39, 0.29) is 5.56 Å². The third kappa shape index (κ3) is 3.81. The number of carbonyl (C=O) groups excluding carboxylic acids is 2. The highest BCUT2D eigenvalue weighted by atomic mass is 19.1. The summed E-state index contributed by atoms with van der Waals surface area (Å²) < 4.78 is 24.8. The number of methoxy groups -OCH3 is 2. The predicted molar refractivity (Wildman–Crippen MR) is 111 cm³/mol. The van der Waals surface area contributed by atoms with Crippen molar-refractivity contribution in [2.24, 2.45) is 0 Å². The third-order valence-corrected chi connectivity index (χ3v) is 5.26. The van der Waals surface area contributed by atoms with Gasteiger partial charge in [-0.25, -0.2) is 19.0 Å². The topological polar surface area (TPSA) is 96.6 Å². The maximum Gasteiger partial charge on any atom is 0.339 e. The Morgan fingerprint density at radius 1 is 1.23 bits per heavy atom. The number of halogens is 1. The van der Waals surface area contributed by atoms with Crippen molar-refractivity contribution in [2.75, 3.05) is 26.1 Å². The number of benzene rings is 2. The monoisotopic (exact) mass is 424 g/mol. The van der Waals surface area contributed by atoms with E-state index in [1.807, 2.05) is 0 Å². The second kappa shape index (κ2) is 8.47. The summed E-state index contributed by atoms with van der Waals surface area (Å²) in [6, 6.07) is 9.82. The van der Waals surface area contributed by atoms with Crippen LogP contribution in [-0.4, -0.2) is 47.6 Å². The molecule has 0 bridgehead atoms. The third-order valence-electron chi connectivity index (χ3n) is 5.26. The van der Waals surface area contributed by atoms with Gasteiger partial charge >= 0.3 is 12.0 Å². The Morgan fingerprint density at radius 2 is 2.03 bits per heavy atom. The van der Waals surface area contributed by atoms with Gasteiger partial charge in [-0.3, -0.25) is 0 Å². The largest absolute Gasteiger partial charge is 0.497 e. The van der Waals surface area contributed by atoms with Crippen LogP contribution in [0, 0.1) is 5.82 Å². The number of para-hydroxylation sites is 1. The summed E-state index contributed by atoms with van der Waals surface area (Å²) in [5.74, 6) is -0.697. The van der Waals surface area contributed by atoms with Gasteiger partial charge in [0.1, 0.15) is 17.6 Å². The zero-order chi connectivity index (χ0) is 22.0. The van der Waals surface area contributed by atoms with E-state index in [2.05, 4.69) is 15.3 Å². The van der Waals surface area contributed by atoms with Crippen molar-refractivity contribution in [1.29, 1.82) is 0 Å². The Morgan fingerprint density at radius 3 is 2.77 bits per heavy atom. The van der Waals surface area contributed by atoms with Crippen LogP contribution in [-0.2, 0) is 11.2 Å². The van der Waals surface area contributed by atoms with Crippen molar-refractivity contribution in [3.05, 3.63) is 77.1 Å². The van der Waals surface area contributed by atoms with Gasteiger partial charge in [0, 0.05) is 30.3 Å². The first-order valence-electron chi connectivity index (χ1n) is 9.64. The van der Waals surface area contributed by atoms with Crippen molar-refractivity contribution in [2.45, 2.75) is 12.5 Å². The zero-order valence-corrected chi connectivity index (χ0v) is 17.0. The minimum atomic E-state index is -0.744. The van der Waals surface area contributed by atoms with Gasteiger partial charge < -0.3 is 24.7 Å². The molecule has 2 N–H and O–H groups in total. The van der Waals surface area contributed by atoms with E-state index < -0.39 is 23.9 Å². The smallest absolute Gasteiger partial charge is 0.339 e. The summed E-state index contributed by atoms with van der Waals surface area (Å²) in [7, 11) is 2.73. The van der Waals surface area contributed by atoms with Crippen molar-refractivity contribution >= 4 is 17.7 Å². The molecule has 0 radical (unpaired) electrons. The lowest BCUT2D eigenvalue weighted by atomic mass is 9.95. The van der Waals surface area contributed by atoms with Gasteiger partial charge in [-0.2, -0.15) is 0 Å². The van der Waals surface area contributed by atoms with Crippen molar-refractivity contribution < 1.29 is 23.5 Å². The number of nitrogens with one attached hydrogen (secondary N) is 2. The van der Waals surface area contributed by atoms with E-state index in [9.17, 15) is 14.0 Å². The number of anilines is 1. The number of carbonyl (C=O) groups is 2. The second-order valence-electron chi connectivity index (χ2n) is 6.97. The molecule has 1 aromatic heterocycles. The Labute approximate surface area is 178 Å². The summed E-state index contributed by atoms with van der Waals surface area (Å²) in [5.41, 5.74) is 2.25. The summed E-state index contributed by atoms with van der Waals surface area (Å²) in [6.45, 7) is 0.331. The molecule has 2 aromatic carbocycles. The maximum atomic E-state index is 15.0. The fraction of sp³-hybridized carbons (Fsp3) is 0.227. The number of H-pyrrole nitrogens is 1. The molecule has 1 atom stereocenters. The molecule has 0 unspecified atom stereocenters. The molecule has 1 aliphatic rings. The molecule has 0 saturated heterocycles. The Balaban J connectivity index is 1.70. The van der Waals surface area contributed by atoms with Crippen LogP contribution in [0.3, 0.4) is 0 Å². The fourth-order valence-electron chi connectivity index (χ4n) is 3.73. The number of aromatic nitrogens is 2. The lowest BCUT2D eigenvalue weighted by molar-refractivity contribution is 0.0602. The molecule has 0 saturated carbocycles. The minimum Gasteiger partial charge on any atom is -0.497 e.